The van der Waals surface area contributed by atoms with Crippen LogP contribution in [0.4, 0.5) is 4.79 Å². The molecule has 0 saturated carbocycles. The number of rotatable bonds is 2. The third-order valence-corrected chi connectivity index (χ3v) is 4.59. The first-order valence-electron chi connectivity index (χ1n) is 7.33. The summed E-state index contributed by atoms with van der Waals surface area (Å²) in [4.78, 5) is 28.8. The summed E-state index contributed by atoms with van der Waals surface area (Å²) in [7, 11) is 3.54. The second-order valence-electron chi connectivity index (χ2n) is 6.27. The van der Waals surface area contributed by atoms with E-state index in [-0.39, 0.29) is 17.9 Å². The van der Waals surface area contributed by atoms with Gasteiger partial charge in [-0.2, -0.15) is 0 Å². The molecule has 2 atom stereocenters. The van der Waals surface area contributed by atoms with Crippen molar-refractivity contribution in [2.75, 3.05) is 40.3 Å². The Morgan fingerprint density at radius 1 is 1.15 bits per heavy atom. The average molecular weight is 283 g/mol. The Morgan fingerprint density at radius 3 is 2.20 bits per heavy atom. The Morgan fingerprint density at radius 2 is 1.75 bits per heavy atom. The second kappa shape index (κ2) is 5.99. The van der Waals surface area contributed by atoms with Gasteiger partial charge in [-0.3, -0.25) is 9.69 Å². The lowest BCUT2D eigenvalue weighted by molar-refractivity contribution is -0.142. The van der Waals surface area contributed by atoms with Crippen LogP contribution in [0.25, 0.3) is 0 Å². The van der Waals surface area contributed by atoms with Crippen LogP contribution in [0.2, 0.25) is 0 Å². The lowest BCUT2D eigenvalue weighted by Gasteiger charge is -2.37. The molecule has 1 N–H and O–H groups in total. The van der Waals surface area contributed by atoms with Crippen molar-refractivity contribution in [3.8, 4) is 0 Å². The number of nitrogens with zero attached hydrogens (tertiary/aromatic N) is 3. The third kappa shape index (κ3) is 3.06. The van der Waals surface area contributed by atoms with Crippen LogP contribution in [-0.4, -0.2) is 78.1 Å². The summed E-state index contributed by atoms with van der Waals surface area (Å²) in [5, 5.41) is 9.19. The largest absolute Gasteiger partial charge is 0.481 e. The highest BCUT2D eigenvalue weighted by molar-refractivity contribution is 5.74. The molecule has 2 aliphatic rings. The lowest BCUT2D eigenvalue weighted by Crippen LogP contribution is -2.48. The zero-order valence-corrected chi connectivity index (χ0v) is 12.6. The summed E-state index contributed by atoms with van der Waals surface area (Å²) < 4.78 is 0. The summed E-state index contributed by atoms with van der Waals surface area (Å²) >= 11 is 0. The predicted molar refractivity (Wildman–Crippen MR) is 75.5 cm³/mol. The van der Waals surface area contributed by atoms with E-state index in [4.69, 9.17) is 0 Å². The Hall–Kier alpha value is -1.30. The van der Waals surface area contributed by atoms with Crippen LogP contribution in [0.15, 0.2) is 0 Å². The first kappa shape index (κ1) is 15.1. The standard InChI is InChI=1S/C14H25N3O3/c1-10-8-17(9-12(10)13(18)19)11-4-6-16(7-5-11)14(20)15(2)3/h10-12H,4-9H2,1-3H3,(H,18,19). The number of carboxylic acid groups (broad SMARTS) is 1. The first-order valence-corrected chi connectivity index (χ1v) is 7.33. The van der Waals surface area contributed by atoms with Gasteiger partial charge in [-0.05, 0) is 18.8 Å². The summed E-state index contributed by atoms with van der Waals surface area (Å²) in [6.07, 6.45) is 1.89. The van der Waals surface area contributed by atoms with Crippen LogP contribution in [0.3, 0.4) is 0 Å². The third-order valence-electron chi connectivity index (χ3n) is 4.59. The van der Waals surface area contributed by atoms with Gasteiger partial charge in [-0.25, -0.2) is 4.79 Å². The molecular weight excluding hydrogens is 258 g/mol. The van der Waals surface area contributed by atoms with E-state index in [0.717, 1.165) is 32.5 Å². The smallest absolute Gasteiger partial charge is 0.319 e. The van der Waals surface area contributed by atoms with Gasteiger partial charge in [0.2, 0.25) is 0 Å². The van der Waals surface area contributed by atoms with Crippen LogP contribution >= 0.6 is 0 Å². The number of aliphatic carboxylic acids is 1. The van der Waals surface area contributed by atoms with Gasteiger partial charge in [0.15, 0.2) is 0 Å². The van der Waals surface area contributed by atoms with E-state index in [0.29, 0.717) is 12.6 Å². The zero-order chi connectivity index (χ0) is 14.9. The molecule has 6 nitrogen and oxygen atoms in total. The summed E-state index contributed by atoms with van der Waals surface area (Å²) in [5.41, 5.74) is 0. The molecule has 114 valence electrons. The SMILES string of the molecule is CC1CN(C2CCN(C(=O)N(C)C)CC2)CC1C(=O)O. The highest BCUT2D eigenvalue weighted by Gasteiger charge is 2.38. The number of hydrogen-bond donors (Lipinski definition) is 1. The molecule has 6 heteroatoms. The molecule has 0 bridgehead atoms. The van der Waals surface area contributed by atoms with Gasteiger partial charge in [0.1, 0.15) is 0 Å². The van der Waals surface area contributed by atoms with Crippen LogP contribution in [-0.2, 0) is 4.79 Å². The Bertz CT molecular complexity index is 378. The molecular formula is C14H25N3O3. The van der Waals surface area contributed by atoms with Gasteiger partial charge in [-0.1, -0.05) is 6.92 Å². The van der Waals surface area contributed by atoms with Gasteiger partial charge in [0.25, 0.3) is 0 Å². The van der Waals surface area contributed by atoms with Crippen molar-refractivity contribution in [1.82, 2.24) is 14.7 Å². The number of urea groups is 1. The predicted octanol–water partition coefficient (Wildman–Crippen LogP) is 0.785. The molecule has 2 unspecified atom stereocenters. The molecule has 2 fully saturated rings. The molecule has 0 aliphatic carbocycles. The molecule has 0 aromatic carbocycles. The molecule has 2 aliphatic heterocycles. The van der Waals surface area contributed by atoms with E-state index in [1.807, 2.05) is 11.8 Å². The number of carbonyl (C=O) groups excluding carboxylic acids is 1. The van der Waals surface area contributed by atoms with Gasteiger partial charge < -0.3 is 14.9 Å². The maximum absolute atomic E-state index is 11.9. The van der Waals surface area contributed by atoms with E-state index in [9.17, 15) is 14.7 Å². The molecule has 2 amide bonds. The topological polar surface area (TPSA) is 64.1 Å². The molecule has 0 aromatic rings. The monoisotopic (exact) mass is 283 g/mol. The molecule has 2 saturated heterocycles. The van der Waals surface area contributed by atoms with Crippen molar-refractivity contribution in [2.24, 2.45) is 11.8 Å². The van der Waals surface area contributed by atoms with Crippen molar-refractivity contribution in [1.29, 1.82) is 0 Å². The minimum Gasteiger partial charge on any atom is -0.481 e. The van der Waals surface area contributed by atoms with E-state index >= 15 is 0 Å². The number of carboxylic acids is 1. The first-order chi connectivity index (χ1) is 9.40. The number of carbonyl (C=O) groups is 2. The fourth-order valence-corrected chi connectivity index (χ4v) is 3.33. The number of likely N-dealkylation sites (tertiary alicyclic amines) is 2. The van der Waals surface area contributed by atoms with Crippen molar-refractivity contribution < 1.29 is 14.7 Å². The van der Waals surface area contributed by atoms with Gasteiger partial charge in [0.05, 0.1) is 5.92 Å². The van der Waals surface area contributed by atoms with Gasteiger partial charge in [0, 0.05) is 46.3 Å². The Balaban J connectivity index is 1.86. The van der Waals surface area contributed by atoms with Crippen molar-refractivity contribution in [3.05, 3.63) is 0 Å². The van der Waals surface area contributed by atoms with E-state index in [1.54, 1.807) is 19.0 Å². The van der Waals surface area contributed by atoms with E-state index in [1.165, 1.54) is 0 Å². The molecule has 2 rings (SSSR count). The highest BCUT2D eigenvalue weighted by atomic mass is 16.4. The number of amides is 2. The maximum Gasteiger partial charge on any atom is 0.319 e. The maximum atomic E-state index is 11.9. The van der Waals surface area contributed by atoms with Gasteiger partial charge >= 0.3 is 12.0 Å². The molecule has 2 heterocycles. The average Bonchev–Trinajstić information content (AvgIpc) is 2.80. The minimum absolute atomic E-state index is 0.0710. The molecule has 0 spiro atoms. The minimum atomic E-state index is -0.680. The van der Waals surface area contributed by atoms with E-state index < -0.39 is 5.97 Å². The Kier molecular flexibility index (Phi) is 4.52. The van der Waals surface area contributed by atoms with Crippen LogP contribution in [0, 0.1) is 11.8 Å². The van der Waals surface area contributed by atoms with Crippen LogP contribution in [0.5, 0.6) is 0 Å². The fourth-order valence-electron chi connectivity index (χ4n) is 3.33. The highest BCUT2D eigenvalue weighted by Crippen LogP contribution is 2.28. The lowest BCUT2D eigenvalue weighted by atomic mass is 9.99. The van der Waals surface area contributed by atoms with Crippen molar-refractivity contribution in [3.63, 3.8) is 0 Å². The second-order valence-corrected chi connectivity index (χ2v) is 6.27. The van der Waals surface area contributed by atoms with Crippen LogP contribution in [0.1, 0.15) is 19.8 Å². The van der Waals surface area contributed by atoms with Crippen molar-refractivity contribution in [2.45, 2.75) is 25.8 Å². The summed E-state index contributed by atoms with van der Waals surface area (Å²) in [6.45, 7) is 5.07. The van der Waals surface area contributed by atoms with Gasteiger partial charge in [-0.15, -0.1) is 0 Å². The quantitative estimate of drug-likeness (QED) is 0.813. The molecule has 0 radical (unpaired) electrons. The molecule has 0 aromatic heterocycles. The summed E-state index contributed by atoms with van der Waals surface area (Å²) in [6, 6.07) is 0.495. The van der Waals surface area contributed by atoms with Crippen LogP contribution < -0.4 is 0 Å². The Labute approximate surface area is 120 Å². The van der Waals surface area contributed by atoms with Crippen molar-refractivity contribution >= 4 is 12.0 Å². The molecule has 20 heavy (non-hydrogen) atoms. The number of hydrogen-bond acceptors (Lipinski definition) is 3. The van der Waals surface area contributed by atoms with E-state index in [2.05, 4.69) is 4.90 Å². The fraction of sp³-hybridized carbons (Fsp3) is 0.857. The summed E-state index contributed by atoms with van der Waals surface area (Å²) in [5.74, 6) is -0.703. The number of piperidine rings is 1. The normalized spacial score (nSPS) is 28.6. The zero-order valence-electron chi connectivity index (χ0n) is 12.6.